The number of rotatable bonds is 3. The van der Waals surface area contributed by atoms with E-state index in [0.717, 1.165) is 18.2 Å². The molecule has 1 amide bonds. The first-order valence-electron chi connectivity index (χ1n) is 8.74. The third kappa shape index (κ3) is 3.84. The van der Waals surface area contributed by atoms with Gasteiger partial charge in [-0.05, 0) is 12.0 Å². The van der Waals surface area contributed by atoms with Crippen LogP contribution in [0.4, 0.5) is 13.2 Å². The lowest BCUT2D eigenvalue weighted by atomic mass is 10.1. The summed E-state index contributed by atoms with van der Waals surface area (Å²) in [6, 6.07) is 10.7. The molecule has 0 spiro atoms. The van der Waals surface area contributed by atoms with Gasteiger partial charge in [0.2, 0.25) is 0 Å². The Bertz CT molecular complexity index is 808. The van der Waals surface area contributed by atoms with Crippen LogP contribution < -0.4 is 5.32 Å². The number of carbonyl (C=O) groups is 1. The molecule has 0 unspecified atom stereocenters. The van der Waals surface area contributed by atoms with Gasteiger partial charge in [0, 0.05) is 31.2 Å². The first-order valence-corrected chi connectivity index (χ1v) is 8.74. The van der Waals surface area contributed by atoms with Crippen LogP contribution in [-0.2, 0) is 10.9 Å². The number of fused-ring (bicyclic) bond motifs is 1. The van der Waals surface area contributed by atoms with Crippen LogP contribution in [0.25, 0.3) is 0 Å². The molecule has 0 bridgehead atoms. The molecule has 0 radical (unpaired) electrons. The van der Waals surface area contributed by atoms with Crippen molar-refractivity contribution in [1.29, 1.82) is 0 Å². The maximum atomic E-state index is 12.6. The van der Waals surface area contributed by atoms with Crippen molar-refractivity contribution in [1.82, 2.24) is 20.4 Å². The minimum atomic E-state index is -4.55. The van der Waals surface area contributed by atoms with Crippen LogP contribution in [0.5, 0.6) is 0 Å². The summed E-state index contributed by atoms with van der Waals surface area (Å²) in [5, 5.41) is 8.12. The Morgan fingerprint density at radius 2 is 2.04 bits per heavy atom. The standard InChI is InChI=1S/C18H19F3N4O2/c19-18(20,21)16-7-14(23-24-16)17(26)22-12-6-13-10-27-15(9-25(13)8-12)11-4-2-1-3-5-11/h1-5,7,12-13,15H,6,8-10H2,(H,22,26)(H,23,24)/t12-,13-,15+/m0/s1. The zero-order valence-electron chi connectivity index (χ0n) is 14.4. The van der Waals surface area contributed by atoms with E-state index in [0.29, 0.717) is 19.6 Å². The molecule has 2 fully saturated rings. The molecule has 1 aromatic carbocycles. The van der Waals surface area contributed by atoms with Crippen LogP contribution in [0.1, 0.15) is 34.3 Å². The Morgan fingerprint density at radius 1 is 1.26 bits per heavy atom. The average molecular weight is 380 g/mol. The van der Waals surface area contributed by atoms with E-state index in [4.69, 9.17) is 4.74 Å². The van der Waals surface area contributed by atoms with Crippen molar-refractivity contribution < 1.29 is 22.7 Å². The Labute approximate surface area is 153 Å². The van der Waals surface area contributed by atoms with E-state index in [9.17, 15) is 18.0 Å². The molecule has 0 saturated carbocycles. The van der Waals surface area contributed by atoms with E-state index in [2.05, 4.69) is 15.3 Å². The number of halogens is 3. The molecule has 0 aliphatic carbocycles. The monoisotopic (exact) mass is 380 g/mol. The van der Waals surface area contributed by atoms with Gasteiger partial charge in [-0.15, -0.1) is 0 Å². The summed E-state index contributed by atoms with van der Waals surface area (Å²) >= 11 is 0. The van der Waals surface area contributed by atoms with Gasteiger partial charge < -0.3 is 10.1 Å². The van der Waals surface area contributed by atoms with E-state index >= 15 is 0 Å². The summed E-state index contributed by atoms with van der Waals surface area (Å²) in [5.41, 5.74) is -0.180. The Kier molecular flexibility index (Phi) is 4.65. The van der Waals surface area contributed by atoms with E-state index < -0.39 is 17.8 Å². The molecule has 1 aromatic heterocycles. The van der Waals surface area contributed by atoms with Gasteiger partial charge in [-0.25, -0.2) is 0 Å². The van der Waals surface area contributed by atoms with Gasteiger partial charge in [-0.2, -0.15) is 18.3 Å². The van der Waals surface area contributed by atoms with Gasteiger partial charge in [0.15, 0.2) is 5.69 Å². The van der Waals surface area contributed by atoms with Crippen LogP contribution in [-0.4, -0.2) is 52.8 Å². The lowest BCUT2D eigenvalue weighted by Crippen LogP contribution is -2.43. The van der Waals surface area contributed by atoms with Gasteiger partial charge in [0.05, 0.1) is 12.7 Å². The first-order chi connectivity index (χ1) is 12.9. The number of nitrogens with one attached hydrogen (secondary N) is 2. The molecule has 2 saturated heterocycles. The zero-order chi connectivity index (χ0) is 19.0. The largest absolute Gasteiger partial charge is 0.432 e. The SMILES string of the molecule is O=C(N[C@H]1C[C@H]2CO[C@@H](c3ccccc3)CN2C1)c1cc(C(F)(F)F)[nH]n1. The Morgan fingerprint density at radius 3 is 2.74 bits per heavy atom. The van der Waals surface area contributed by atoms with Crippen molar-refractivity contribution in [3.63, 3.8) is 0 Å². The van der Waals surface area contributed by atoms with Gasteiger partial charge in [0.1, 0.15) is 5.69 Å². The maximum Gasteiger partial charge on any atom is 0.432 e. The number of aromatic nitrogens is 2. The van der Waals surface area contributed by atoms with Crippen molar-refractivity contribution in [2.45, 2.75) is 30.8 Å². The van der Waals surface area contributed by atoms with Crippen molar-refractivity contribution in [2.24, 2.45) is 0 Å². The summed E-state index contributed by atoms with van der Waals surface area (Å²) < 4.78 is 43.8. The molecule has 2 aliphatic rings. The third-order valence-corrected chi connectivity index (χ3v) is 5.04. The second-order valence-electron chi connectivity index (χ2n) is 6.91. The summed E-state index contributed by atoms with van der Waals surface area (Å²) in [6.45, 7) is 1.92. The van der Waals surface area contributed by atoms with Gasteiger partial charge in [-0.1, -0.05) is 30.3 Å². The lowest BCUT2D eigenvalue weighted by Gasteiger charge is -2.35. The smallest absolute Gasteiger partial charge is 0.371 e. The van der Waals surface area contributed by atoms with Crippen molar-refractivity contribution in [3.05, 3.63) is 53.3 Å². The fraction of sp³-hybridized carbons (Fsp3) is 0.444. The summed E-state index contributed by atoms with van der Waals surface area (Å²) in [6.07, 6.45) is -3.87. The first kappa shape index (κ1) is 18.0. The van der Waals surface area contributed by atoms with E-state index in [1.165, 1.54) is 0 Å². The summed E-state index contributed by atoms with van der Waals surface area (Å²) in [7, 11) is 0. The highest BCUT2D eigenvalue weighted by molar-refractivity contribution is 5.92. The predicted octanol–water partition coefficient (Wildman–Crippen LogP) is 2.37. The number of amides is 1. The molecular formula is C18H19F3N4O2. The van der Waals surface area contributed by atoms with Gasteiger partial charge >= 0.3 is 6.18 Å². The second-order valence-corrected chi connectivity index (χ2v) is 6.91. The molecule has 2 N–H and O–H groups in total. The van der Waals surface area contributed by atoms with E-state index in [-0.39, 0.29) is 23.9 Å². The Hall–Kier alpha value is -2.39. The molecule has 3 heterocycles. The van der Waals surface area contributed by atoms with Crippen LogP contribution in [0.3, 0.4) is 0 Å². The molecule has 2 aromatic rings. The van der Waals surface area contributed by atoms with Gasteiger partial charge in [0.25, 0.3) is 5.91 Å². The van der Waals surface area contributed by atoms with Crippen LogP contribution in [0.15, 0.2) is 36.4 Å². The number of hydrogen-bond donors (Lipinski definition) is 2. The van der Waals surface area contributed by atoms with E-state index in [1.54, 1.807) is 0 Å². The molecule has 27 heavy (non-hydrogen) atoms. The quantitative estimate of drug-likeness (QED) is 0.858. The highest BCUT2D eigenvalue weighted by Gasteiger charge is 2.39. The maximum absolute atomic E-state index is 12.6. The fourth-order valence-corrected chi connectivity index (χ4v) is 3.69. The fourth-order valence-electron chi connectivity index (χ4n) is 3.69. The number of benzene rings is 1. The minimum absolute atomic E-state index is 0.0161. The summed E-state index contributed by atoms with van der Waals surface area (Å²) in [5.74, 6) is -0.605. The number of morpholine rings is 1. The highest BCUT2D eigenvalue weighted by Crippen LogP contribution is 2.31. The van der Waals surface area contributed by atoms with Crippen molar-refractivity contribution in [2.75, 3.05) is 19.7 Å². The minimum Gasteiger partial charge on any atom is -0.371 e. The topological polar surface area (TPSA) is 70.2 Å². The third-order valence-electron chi connectivity index (χ3n) is 5.04. The van der Waals surface area contributed by atoms with Crippen LogP contribution in [0.2, 0.25) is 0 Å². The number of carbonyl (C=O) groups excluding carboxylic acids is 1. The number of nitrogens with zero attached hydrogens (tertiary/aromatic N) is 2. The average Bonchev–Trinajstić information content (AvgIpc) is 3.28. The van der Waals surface area contributed by atoms with Crippen molar-refractivity contribution >= 4 is 5.91 Å². The molecule has 6 nitrogen and oxygen atoms in total. The van der Waals surface area contributed by atoms with Gasteiger partial charge in [-0.3, -0.25) is 14.8 Å². The molecule has 144 valence electrons. The number of H-pyrrole nitrogens is 1. The molecule has 3 atom stereocenters. The van der Waals surface area contributed by atoms with Crippen LogP contribution >= 0.6 is 0 Å². The second kappa shape index (κ2) is 6.97. The molecule has 9 heteroatoms. The zero-order valence-corrected chi connectivity index (χ0v) is 14.4. The predicted molar refractivity (Wildman–Crippen MR) is 90.0 cm³/mol. The highest BCUT2D eigenvalue weighted by atomic mass is 19.4. The van der Waals surface area contributed by atoms with E-state index in [1.807, 2.05) is 35.4 Å². The molecular weight excluding hydrogens is 361 g/mol. The molecule has 4 rings (SSSR count). The summed E-state index contributed by atoms with van der Waals surface area (Å²) in [4.78, 5) is 14.5. The van der Waals surface area contributed by atoms with Crippen LogP contribution in [0, 0.1) is 0 Å². The van der Waals surface area contributed by atoms with Crippen molar-refractivity contribution in [3.8, 4) is 0 Å². The number of ether oxygens (including phenoxy) is 1. The number of alkyl halides is 3. The normalized spacial score (nSPS) is 26.0. The Balaban J connectivity index is 1.36. The lowest BCUT2D eigenvalue weighted by molar-refractivity contribution is -0.141. The number of aromatic amines is 1. The number of hydrogen-bond acceptors (Lipinski definition) is 4. The molecule has 2 aliphatic heterocycles.